The number of amides is 1. The summed E-state index contributed by atoms with van der Waals surface area (Å²) in [6.45, 7) is 4.49. The van der Waals surface area contributed by atoms with Crippen LogP contribution in [0.3, 0.4) is 0 Å². The average Bonchev–Trinajstić information content (AvgIpc) is 3.04. The summed E-state index contributed by atoms with van der Waals surface area (Å²) in [5.41, 5.74) is 2.30. The third-order valence-electron chi connectivity index (χ3n) is 5.57. The van der Waals surface area contributed by atoms with E-state index in [2.05, 4.69) is 11.0 Å². The lowest BCUT2D eigenvalue weighted by Crippen LogP contribution is -2.52. The molecule has 1 amide bonds. The fourth-order valence-corrected chi connectivity index (χ4v) is 4.01. The van der Waals surface area contributed by atoms with Gasteiger partial charge in [0.1, 0.15) is 0 Å². The Labute approximate surface area is 149 Å². The molecule has 1 aromatic carbocycles. The van der Waals surface area contributed by atoms with Crippen molar-refractivity contribution < 1.29 is 14.7 Å². The Morgan fingerprint density at radius 2 is 1.92 bits per heavy atom. The maximum Gasteiger partial charge on any atom is 0.317 e. The molecule has 2 heterocycles. The Kier molecular flexibility index (Phi) is 5.39. The SMILES string of the molecule is CC(C(=O)N1CCc2ccccc21)N1CCC(N(C)CC(=O)O)CC1. The first-order chi connectivity index (χ1) is 12.0. The fraction of sp³-hybridized carbons (Fsp3) is 0.579. The summed E-state index contributed by atoms with van der Waals surface area (Å²) >= 11 is 0. The molecule has 1 N–H and O–H groups in total. The summed E-state index contributed by atoms with van der Waals surface area (Å²) in [6, 6.07) is 8.27. The highest BCUT2D eigenvalue weighted by atomic mass is 16.4. The molecule has 2 aliphatic heterocycles. The van der Waals surface area contributed by atoms with Gasteiger partial charge in [0.2, 0.25) is 5.91 Å². The van der Waals surface area contributed by atoms with Crippen LogP contribution >= 0.6 is 0 Å². The van der Waals surface area contributed by atoms with Crippen LogP contribution in [-0.4, -0.2) is 72.1 Å². The molecule has 136 valence electrons. The van der Waals surface area contributed by atoms with Crippen molar-refractivity contribution in [2.75, 3.05) is 38.1 Å². The zero-order valence-electron chi connectivity index (χ0n) is 15.0. The van der Waals surface area contributed by atoms with Gasteiger partial charge in [0.05, 0.1) is 12.6 Å². The van der Waals surface area contributed by atoms with Crippen molar-refractivity contribution in [2.24, 2.45) is 0 Å². The van der Waals surface area contributed by atoms with Gasteiger partial charge in [-0.25, -0.2) is 0 Å². The van der Waals surface area contributed by atoms with E-state index in [1.54, 1.807) is 0 Å². The van der Waals surface area contributed by atoms with E-state index in [4.69, 9.17) is 5.11 Å². The van der Waals surface area contributed by atoms with Gasteiger partial charge in [-0.2, -0.15) is 0 Å². The Hall–Kier alpha value is -1.92. The number of fused-ring (bicyclic) bond motifs is 1. The van der Waals surface area contributed by atoms with Gasteiger partial charge in [-0.3, -0.25) is 19.4 Å². The van der Waals surface area contributed by atoms with Gasteiger partial charge in [0.25, 0.3) is 0 Å². The second-order valence-electron chi connectivity index (χ2n) is 7.12. The van der Waals surface area contributed by atoms with E-state index < -0.39 is 5.97 Å². The molecule has 3 rings (SSSR count). The van der Waals surface area contributed by atoms with Crippen molar-refractivity contribution in [3.8, 4) is 0 Å². The van der Waals surface area contributed by atoms with Gasteiger partial charge in [-0.05, 0) is 44.9 Å². The molecule has 2 aliphatic rings. The van der Waals surface area contributed by atoms with E-state index in [0.717, 1.165) is 44.6 Å². The van der Waals surface area contributed by atoms with Crippen molar-refractivity contribution >= 4 is 17.6 Å². The standard InChI is InChI=1S/C19H27N3O3/c1-14(19(25)22-12-7-15-5-3-4-6-17(15)22)21-10-8-16(9-11-21)20(2)13-18(23)24/h3-6,14,16H,7-13H2,1-2H3,(H,23,24). The van der Waals surface area contributed by atoms with E-state index in [1.165, 1.54) is 5.56 Å². The van der Waals surface area contributed by atoms with Crippen molar-refractivity contribution in [1.82, 2.24) is 9.80 Å². The number of rotatable bonds is 5. The summed E-state index contributed by atoms with van der Waals surface area (Å²) in [7, 11) is 1.87. The summed E-state index contributed by atoms with van der Waals surface area (Å²) in [6.07, 6.45) is 2.73. The maximum atomic E-state index is 13.0. The monoisotopic (exact) mass is 345 g/mol. The third kappa shape index (κ3) is 3.85. The minimum Gasteiger partial charge on any atom is -0.480 e. The minimum atomic E-state index is -0.791. The molecule has 0 bridgehead atoms. The quantitative estimate of drug-likeness (QED) is 0.875. The minimum absolute atomic E-state index is 0.0731. The highest BCUT2D eigenvalue weighted by Crippen LogP contribution is 2.29. The first-order valence-electron chi connectivity index (χ1n) is 9.02. The first kappa shape index (κ1) is 17.9. The van der Waals surface area contributed by atoms with Gasteiger partial charge in [0, 0.05) is 31.4 Å². The number of likely N-dealkylation sites (N-methyl/N-ethyl adjacent to an activating group) is 1. The molecule has 0 aliphatic carbocycles. The molecule has 1 fully saturated rings. The van der Waals surface area contributed by atoms with Crippen LogP contribution in [0.15, 0.2) is 24.3 Å². The van der Waals surface area contributed by atoms with Crippen LogP contribution < -0.4 is 4.90 Å². The van der Waals surface area contributed by atoms with Crippen LogP contribution in [0.2, 0.25) is 0 Å². The van der Waals surface area contributed by atoms with Gasteiger partial charge in [-0.1, -0.05) is 18.2 Å². The molecule has 0 radical (unpaired) electrons. The third-order valence-corrected chi connectivity index (χ3v) is 5.57. The van der Waals surface area contributed by atoms with E-state index >= 15 is 0 Å². The zero-order valence-corrected chi connectivity index (χ0v) is 15.0. The number of benzene rings is 1. The molecule has 0 spiro atoms. The molecule has 1 atom stereocenters. The predicted molar refractivity (Wildman–Crippen MR) is 96.8 cm³/mol. The first-order valence-corrected chi connectivity index (χ1v) is 9.02. The second kappa shape index (κ2) is 7.54. The highest BCUT2D eigenvalue weighted by molar-refractivity contribution is 5.98. The number of piperidine rings is 1. The fourth-order valence-electron chi connectivity index (χ4n) is 4.01. The molecule has 25 heavy (non-hydrogen) atoms. The van der Waals surface area contributed by atoms with Crippen LogP contribution in [-0.2, 0) is 16.0 Å². The number of nitrogens with zero attached hydrogens (tertiary/aromatic N) is 3. The largest absolute Gasteiger partial charge is 0.480 e. The number of carbonyl (C=O) groups is 2. The average molecular weight is 345 g/mol. The van der Waals surface area contributed by atoms with Gasteiger partial charge >= 0.3 is 5.97 Å². The summed E-state index contributed by atoms with van der Waals surface area (Å²) in [5.74, 6) is -0.622. The Balaban J connectivity index is 1.57. The van der Waals surface area contributed by atoms with Gasteiger partial charge in [-0.15, -0.1) is 0 Å². The predicted octanol–water partition coefficient (Wildman–Crippen LogP) is 1.44. The topological polar surface area (TPSA) is 64.1 Å². The molecular formula is C19H27N3O3. The van der Waals surface area contributed by atoms with Gasteiger partial charge in [0.15, 0.2) is 0 Å². The normalized spacial score (nSPS) is 19.9. The Bertz CT molecular complexity index is 641. The number of carboxylic acid groups (broad SMARTS) is 1. The smallest absolute Gasteiger partial charge is 0.317 e. The molecule has 1 saturated heterocycles. The van der Waals surface area contributed by atoms with Crippen molar-refractivity contribution in [3.63, 3.8) is 0 Å². The van der Waals surface area contributed by atoms with Gasteiger partial charge < -0.3 is 10.0 Å². The van der Waals surface area contributed by atoms with Crippen molar-refractivity contribution in [1.29, 1.82) is 0 Å². The van der Waals surface area contributed by atoms with Crippen molar-refractivity contribution in [3.05, 3.63) is 29.8 Å². The molecule has 0 saturated carbocycles. The van der Waals surface area contributed by atoms with Crippen LogP contribution in [0.4, 0.5) is 5.69 Å². The van der Waals surface area contributed by atoms with Crippen LogP contribution in [0, 0.1) is 0 Å². The lowest BCUT2D eigenvalue weighted by Gasteiger charge is -2.39. The number of para-hydroxylation sites is 1. The maximum absolute atomic E-state index is 13.0. The highest BCUT2D eigenvalue weighted by Gasteiger charge is 2.33. The van der Waals surface area contributed by atoms with Crippen LogP contribution in [0.25, 0.3) is 0 Å². The Morgan fingerprint density at radius 1 is 1.24 bits per heavy atom. The number of likely N-dealkylation sites (tertiary alicyclic amines) is 1. The Morgan fingerprint density at radius 3 is 2.60 bits per heavy atom. The molecule has 0 aromatic heterocycles. The van der Waals surface area contributed by atoms with Crippen LogP contribution in [0.5, 0.6) is 0 Å². The number of hydrogen-bond acceptors (Lipinski definition) is 4. The summed E-state index contributed by atoms with van der Waals surface area (Å²) in [4.78, 5) is 29.9. The number of carboxylic acids is 1. The summed E-state index contributed by atoms with van der Waals surface area (Å²) < 4.78 is 0. The van der Waals surface area contributed by atoms with Crippen molar-refractivity contribution in [2.45, 2.75) is 38.3 Å². The van der Waals surface area contributed by atoms with E-state index in [0.29, 0.717) is 0 Å². The van der Waals surface area contributed by atoms with E-state index in [9.17, 15) is 9.59 Å². The molecule has 6 heteroatoms. The van der Waals surface area contributed by atoms with E-state index in [1.807, 2.05) is 42.0 Å². The number of hydrogen-bond donors (Lipinski definition) is 1. The number of carbonyl (C=O) groups excluding carboxylic acids is 1. The number of aliphatic carboxylic acids is 1. The van der Waals surface area contributed by atoms with Crippen LogP contribution in [0.1, 0.15) is 25.3 Å². The lowest BCUT2D eigenvalue weighted by molar-refractivity contribution is -0.138. The molecule has 6 nitrogen and oxygen atoms in total. The lowest BCUT2D eigenvalue weighted by atomic mass is 10.0. The van der Waals surface area contributed by atoms with E-state index in [-0.39, 0.29) is 24.5 Å². The zero-order chi connectivity index (χ0) is 18.0. The molecule has 1 unspecified atom stereocenters. The molecule has 1 aromatic rings. The summed E-state index contributed by atoms with van der Waals surface area (Å²) in [5, 5.41) is 8.93. The second-order valence-corrected chi connectivity index (χ2v) is 7.12. The molecular weight excluding hydrogens is 318 g/mol. The number of anilines is 1.